The molecular formula is C34H37NO4. The second-order valence-electron chi connectivity index (χ2n) is 10.4. The van der Waals surface area contributed by atoms with Gasteiger partial charge >= 0.3 is 5.97 Å². The lowest BCUT2D eigenvalue weighted by molar-refractivity contribution is -0.137. The smallest absolute Gasteiger partial charge is 0.303 e. The van der Waals surface area contributed by atoms with Crippen LogP contribution in [-0.4, -0.2) is 21.4 Å². The van der Waals surface area contributed by atoms with E-state index in [-0.39, 0.29) is 18.3 Å². The van der Waals surface area contributed by atoms with Gasteiger partial charge in [0.2, 0.25) is 0 Å². The zero-order valence-corrected chi connectivity index (χ0v) is 23.0. The first-order chi connectivity index (χ1) is 18.9. The highest BCUT2D eigenvalue weighted by Gasteiger charge is 2.18. The molecule has 1 atom stereocenters. The zero-order chi connectivity index (χ0) is 27.8. The standard InChI is InChI=1S/C34H37NO4/c1-4-5-11-32(26-15-13-25(14-16-26)22-24(2)3)39-28-19-17-27(18-20-28)34(38)30-23-35(21-8-12-33(36)37)31-10-7-6-9-29(30)31/h4-7,9-10,13-20,23-24,32H,8,11-12,21-22H2,1-3H3,(H,36,37). The van der Waals surface area contributed by atoms with E-state index >= 15 is 0 Å². The fourth-order valence-electron chi connectivity index (χ4n) is 4.87. The maximum Gasteiger partial charge on any atom is 0.303 e. The lowest BCUT2D eigenvalue weighted by atomic mass is 9.99. The lowest BCUT2D eigenvalue weighted by Gasteiger charge is -2.19. The van der Waals surface area contributed by atoms with Crippen molar-refractivity contribution in [3.8, 4) is 5.75 Å². The Morgan fingerprint density at radius 2 is 1.69 bits per heavy atom. The summed E-state index contributed by atoms with van der Waals surface area (Å²) in [4.78, 5) is 24.5. The van der Waals surface area contributed by atoms with Gasteiger partial charge in [-0.3, -0.25) is 9.59 Å². The molecular weight excluding hydrogens is 486 g/mol. The number of aryl methyl sites for hydroxylation is 1. The molecule has 202 valence electrons. The monoisotopic (exact) mass is 523 g/mol. The minimum atomic E-state index is -0.818. The first-order valence-electron chi connectivity index (χ1n) is 13.7. The SMILES string of the molecule is CC=CCC(Oc1ccc(C(=O)c2cn(CCCC(=O)O)c3ccccc23)cc1)c1ccc(CC(C)C)cc1. The predicted octanol–water partition coefficient (Wildman–Crippen LogP) is 8.02. The van der Waals surface area contributed by atoms with Gasteiger partial charge in [0.1, 0.15) is 11.9 Å². The van der Waals surface area contributed by atoms with E-state index in [2.05, 4.69) is 44.2 Å². The molecule has 1 aromatic heterocycles. The number of ether oxygens (including phenoxy) is 1. The number of fused-ring (bicyclic) bond motifs is 1. The Kier molecular flexibility index (Phi) is 9.37. The third-order valence-corrected chi connectivity index (χ3v) is 6.80. The molecule has 3 aromatic carbocycles. The molecule has 0 aliphatic heterocycles. The van der Waals surface area contributed by atoms with Crippen molar-refractivity contribution in [2.75, 3.05) is 0 Å². The molecule has 1 heterocycles. The fourth-order valence-corrected chi connectivity index (χ4v) is 4.87. The third-order valence-electron chi connectivity index (χ3n) is 6.80. The van der Waals surface area contributed by atoms with Gasteiger partial charge in [0.05, 0.1) is 0 Å². The number of rotatable bonds is 13. The molecule has 0 saturated heterocycles. The van der Waals surface area contributed by atoms with Gasteiger partial charge in [-0.15, -0.1) is 0 Å². The predicted molar refractivity (Wildman–Crippen MR) is 156 cm³/mol. The highest BCUT2D eigenvalue weighted by molar-refractivity contribution is 6.16. The van der Waals surface area contributed by atoms with Crippen LogP contribution in [0.4, 0.5) is 0 Å². The van der Waals surface area contributed by atoms with E-state index in [0.717, 1.165) is 29.3 Å². The average Bonchev–Trinajstić information content (AvgIpc) is 3.29. The van der Waals surface area contributed by atoms with Crippen molar-refractivity contribution in [1.29, 1.82) is 0 Å². The molecule has 5 nitrogen and oxygen atoms in total. The van der Waals surface area contributed by atoms with Crippen LogP contribution in [0, 0.1) is 5.92 Å². The molecule has 1 unspecified atom stereocenters. The average molecular weight is 524 g/mol. The molecule has 0 fully saturated rings. The van der Waals surface area contributed by atoms with Crippen molar-refractivity contribution in [3.63, 3.8) is 0 Å². The largest absolute Gasteiger partial charge is 0.485 e. The number of carbonyl (C=O) groups excluding carboxylic acids is 1. The summed E-state index contributed by atoms with van der Waals surface area (Å²) < 4.78 is 8.36. The Balaban J connectivity index is 1.52. The van der Waals surface area contributed by atoms with Crippen molar-refractivity contribution >= 4 is 22.7 Å². The Morgan fingerprint density at radius 1 is 0.974 bits per heavy atom. The van der Waals surface area contributed by atoms with Crippen LogP contribution in [-0.2, 0) is 17.8 Å². The number of carboxylic acids is 1. The van der Waals surface area contributed by atoms with Crippen LogP contribution in [0.15, 0.2) is 91.1 Å². The van der Waals surface area contributed by atoms with E-state index in [4.69, 9.17) is 9.84 Å². The van der Waals surface area contributed by atoms with Gasteiger partial charge in [-0.2, -0.15) is 0 Å². The van der Waals surface area contributed by atoms with E-state index in [0.29, 0.717) is 35.8 Å². The maximum atomic E-state index is 13.5. The van der Waals surface area contributed by atoms with Crippen molar-refractivity contribution in [2.45, 2.75) is 59.1 Å². The number of benzene rings is 3. The zero-order valence-electron chi connectivity index (χ0n) is 23.0. The summed E-state index contributed by atoms with van der Waals surface area (Å²) in [6, 6.07) is 23.7. The minimum Gasteiger partial charge on any atom is -0.485 e. The minimum absolute atomic E-state index is 0.0686. The van der Waals surface area contributed by atoms with Crippen molar-refractivity contribution in [3.05, 3.63) is 113 Å². The molecule has 0 saturated carbocycles. The van der Waals surface area contributed by atoms with Crippen molar-refractivity contribution in [2.24, 2.45) is 5.92 Å². The normalized spacial score (nSPS) is 12.3. The Labute approximate surface area is 230 Å². The molecule has 1 N–H and O–H groups in total. The summed E-state index contributed by atoms with van der Waals surface area (Å²) >= 11 is 0. The number of hydrogen-bond acceptors (Lipinski definition) is 3. The second-order valence-corrected chi connectivity index (χ2v) is 10.4. The molecule has 0 aliphatic carbocycles. The summed E-state index contributed by atoms with van der Waals surface area (Å²) in [6.45, 7) is 6.99. The Morgan fingerprint density at radius 3 is 2.36 bits per heavy atom. The van der Waals surface area contributed by atoms with E-state index in [1.165, 1.54) is 5.56 Å². The van der Waals surface area contributed by atoms with Crippen LogP contribution < -0.4 is 4.74 Å². The van der Waals surface area contributed by atoms with E-state index in [1.54, 1.807) is 0 Å². The first-order valence-corrected chi connectivity index (χ1v) is 13.7. The molecule has 39 heavy (non-hydrogen) atoms. The van der Waals surface area contributed by atoms with Crippen LogP contribution in [0.25, 0.3) is 10.9 Å². The number of ketones is 1. The van der Waals surface area contributed by atoms with Gasteiger partial charge in [-0.1, -0.05) is 68.5 Å². The van der Waals surface area contributed by atoms with Crippen molar-refractivity contribution < 1.29 is 19.4 Å². The van der Waals surface area contributed by atoms with E-state index in [9.17, 15) is 9.59 Å². The number of aromatic nitrogens is 1. The number of carboxylic acid groups (broad SMARTS) is 1. The summed E-state index contributed by atoms with van der Waals surface area (Å²) in [7, 11) is 0. The first kappa shape index (κ1) is 27.9. The van der Waals surface area contributed by atoms with Crippen LogP contribution in [0.1, 0.15) is 73.2 Å². The van der Waals surface area contributed by atoms with E-state index < -0.39 is 5.97 Å². The number of nitrogens with zero attached hydrogens (tertiary/aromatic N) is 1. The van der Waals surface area contributed by atoms with Gasteiger partial charge in [0, 0.05) is 47.6 Å². The third kappa shape index (κ3) is 7.26. The van der Waals surface area contributed by atoms with Gasteiger partial charge < -0.3 is 14.4 Å². The second kappa shape index (κ2) is 13.1. The number of para-hydroxylation sites is 1. The van der Waals surface area contributed by atoms with Crippen LogP contribution in [0.3, 0.4) is 0 Å². The van der Waals surface area contributed by atoms with E-state index in [1.807, 2.05) is 72.3 Å². The Bertz CT molecular complexity index is 1430. The highest BCUT2D eigenvalue weighted by Crippen LogP contribution is 2.28. The van der Waals surface area contributed by atoms with Gasteiger partial charge in [0.25, 0.3) is 0 Å². The molecule has 5 heteroatoms. The summed E-state index contributed by atoms with van der Waals surface area (Å²) in [5, 5.41) is 9.86. The topological polar surface area (TPSA) is 68.5 Å². The maximum absolute atomic E-state index is 13.5. The lowest BCUT2D eigenvalue weighted by Crippen LogP contribution is -2.08. The molecule has 4 rings (SSSR count). The summed E-state index contributed by atoms with van der Waals surface area (Å²) in [5.74, 6) is 0.436. The van der Waals surface area contributed by atoms with Crippen LogP contribution in [0.2, 0.25) is 0 Å². The molecule has 0 bridgehead atoms. The number of hydrogen-bond donors (Lipinski definition) is 1. The van der Waals surface area contributed by atoms with Crippen LogP contribution >= 0.6 is 0 Å². The number of aliphatic carboxylic acids is 1. The fraction of sp³-hybridized carbons (Fsp3) is 0.294. The number of allylic oxidation sites excluding steroid dienone is 1. The van der Waals surface area contributed by atoms with Gasteiger partial charge in [-0.05, 0) is 67.1 Å². The Hall–Kier alpha value is -4.12. The molecule has 0 spiro atoms. The summed E-state index contributed by atoms with van der Waals surface area (Å²) in [6.07, 6.45) is 8.26. The quantitative estimate of drug-likeness (QED) is 0.142. The molecule has 0 radical (unpaired) electrons. The van der Waals surface area contributed by atoms with Gasteiger partial charge in [0.15, 0.2) is 5.78 Å². The van der Waals surface area contributed by atoms with Crippen molar-refractivity contribution in [1.82, 2.24) is 4.57 Å². The number of carbonyl (C=O) groups is 2. The summed E-state index contributed by atoms with van der Waals surface area (Å²) in [5.41, 5.74) is 4.57. The molecule has 4 aromatic rings. The van der Waals surface area contributed by atoms with Gasteiger partial charge in [-0.25, -0.2) is 0 Å². The molecule has 0 aliphatic rings. The van der Waals surface area contributed by atoms with Crippen LogP contribution in [0.5, 0.6) is 5.75 Å². The highest BCUT2D eigenvalue weighted by atomic mass is 16.5. The molecule has 0 amide bonds.